The Morgan fingerprint density at radius 2 is 1.84 bits per heavy atom. The number of carbonyl (C=O) groups is 4. The lowest BCUT2D eigenvalue weighted by Gasteiger charge is -2.14. The standard InChI is InChI=1S/C7H10O3.C6H10O3/c1-4-5(8)10-6(9)7(4,2)3;1-4(5(2)7)3-6(8)9/h4H,1-3H3;4H,3H2,1-2H3,(H,8,9). The van der Waals surface area contributed by atoms with Crippen molar-refractivity contribution in [2.24, 2.45) is 17.3 Å². The van der Waals surface area contributed by atoms with Gasteiger partial charge in [-0.05, 0) is 20.8 Å². The van der Waals surface area contributed by atoms with Crippen LogP contribution in [0.3, 0.4) is 0 Å². The first kappa shape index (κ1) is 17.3. The average Bonchev–Trinajstić information content (AvgIpc) is 2.42. The molecule has 0 aromatic rings. The summed E-state index contributed by atoms with van der Waals surface area (Å²) < 4.78 is 4.41. The molecule has 1 fully saturated rings. The molecule has 2 atom stereocenters. The average molecular weight is 272 g/mol. The third-order valence-corrected chi connectivity index (χ3v) is 3.33. The van der Waals surface area contributed by atoms with Crippen LogP contribution in [0.5, 0.6) is 0 Å². The molecular weight excluding hydrogens is 252 g/mol. The van der Waals surface area contributed by atoms with Crippen LogP contribution in [0.2, 0.25) is 0 Å². The lowest BCUT2D eigenvalue weighted by atomic mass is 9.82. The molecule has 0 aromatic carbocycles. The molecule has 0 amide bonds. The van der Waals surface area contributed by atoms with Crippen LogP contribution in [0.4, 0.5) is 0 Å². The Labute approximate surface area is 112 Å². The first-order valence-electron chi connectivity index (χ1n) is 5.98. The van der Waals surface area contributed by atoms with Gasteiger partial charge in [-0.25, -0.2) is 0 Å². The largest absolute Gasteiger partial charge is 0.481 e. The Kier molecular flexibility index (Phi) is 5.86. The van der Waals surface area contributed by atoms with E-state index in [2.05, 4.69) is 4.74 Å². The summed E-state index contributed by atoms with van der Waals surface area (Å²) in [6.07, 6.45) is -0.0602. The SMILES string of the molecule is CC(=O)C(C)CC(=O)O.CC1C(=O)OC(=O)C1(C)C. The molecule has 0 spiro atoms. The zero-order valence-electron chi connectivity index (χ0n) is 11.9. The van der Waals surface area contributed by atoms with Gasteiger partial charge in [-0.1, -0.05) is 13.8 Å². The van der Waals surface area contributed by atoms with Crippen LogP contribution in [0.15, 0.2) is 0 Å². The molecule has 2 unspecified atom stereocenters. The molecule has 0 aliphatic carbocycles. The second kappa shape index (κ2) is 6.45. The minimum absolute atomic E-state index is 0.0602. The van der Waals surface area contributed by atoms with Gasteiger partial charge < -0.3 is 9.84 Å². The van der Waals surface area contributed by atoms with Gasteiger partial charge in [0.25, 0.3) is 0 Å². The van der Waals surface area contributed by atoms with Crippen molar-refractivity contribution < 1.29 is 29.0 Å². The van der Waals surface area contributed by atoms with E-state index in [0.717, 1.165) is 0 Å². The minimum Gasteiger partial charge on any atom is -0.481 e. The molecule has 1 N–H and O–H groups in total. The number of cyclic esters (lactones) is 2. The van der Waals surface area contributed by atoms with E-state index >= 15 is 0 Å². The molecule has 1 rings (SSSR count). The fraction of sp³-hybridized carbons (Fsp3) is 0.692. The van der Waals surface area contributed by atoms with Crippen LogP contribution in [0.1, 0.15) is 41.0 Å². The molecule has 108 valence electrons. The van der Waals surface area contributed by atoms with E-state index in [4.69, 9.17) is 5.11 Å². The first-order valence-corrected chi connectivity index (χ1v) is 5.98. The van der Waals surface area contributed by atoms with Crippen molar-refractivity contribution in [2.75, 3.05) is 0 Å². The normalized spacial score (nSPS) is 22.1. The van der Waals surface area contributed by atoms with Crippen molar-refractivity contribution in [2.45, 2.75) is 41.0 Å². The zero-order valence-corrected chi connectivity index (χ0v) is 11.9. The molecule has 0 bridgehead atoms. The van der Waals surface area contributed by atoms with Gasteiger partial charge >= 0.3 is 17.9 Å². The highest BCUT2D eigenvalue weighted by Crippen LogP contribution is 2.34. The lowest BCUT2D eigenvalue weighted by molar-refractivity contribution is -0.154. The number of ketones is 1. The van der Waals surface area contributed by atoms with Crippen molar-refractivity contribution in [1.82, 2.24) is 0 Å². The van der Waals surface area contributed by atoms with Crippen molar-refractivity contribution in [3.05, 3.63) is 0 Å². The third kappa shape index (κ3) is 4.81. The van der Waals surface area contributed by atoms with E-state index in [-0.39, 0.29) is 24.0 Å². The number of hydrogen-bond acceptors (Lipinski definition) is 5. The van der Waals surface area contributed by atoms with Crippen molar-refractivity contribution in [3.8, 4) is 0 Å². The smallest absolute Gasteiger partial charge is 0.320 e. The maximum Gasteiger partial charge on any atom is 0.320 e. The Morgan fingerprint density at radius 3 is 1.95 bits per heavy atom. The maximum atomic E-state index is 10.9. The number of carboxylic acid groups (broad SMARTS) is 1. The van der Waals surface area contributed by atoms with Crippen molar-refractivity contribution in [1.29, 1.82) is 0 Å². The van der Waals surface area contributed by atoms with Crippen LogP contribution in [0.25, 0.3) is 0 Å². The quantitative estimate of drug-likeness (QED) is 0.616. The fourth-order valence-corrected chi connectivity index (χ4v) is 1.19. The molecule has 6 heteroatoms. The van der Waals surface area contributed by atoms with Crippen molar-refractivity contribution in [3.63, 3.8) is 0 Å². The van der Waals surface area contributed by atoms with Gasteiger partial charge in [0, 0.05) is 5.92 Å². The molecule has 0 saturated carbocycles. The number of carboxylic acids is 1. The number of rotatable bonds is 3. The Balaban J connectivity index is 0.000000344. The molecule has 19 heavy (non-hydrogen) atoms. The van der Waals surface area contributed by atoms with Gasteiger partial charge in [-0.2, -0.15) is 0 Å². The number of carbonyl (C=O) groups excluding carboxylic acids is 3. The second-order valence-corrected chi connectivity index (χ2v) is 5.26. The fourth-order valence-electron chi connectivity index (χ4n) is 1.19. The molecule has 0 radical (unpaired) electrons. The topological polar surface area (TPSA) is 97.7 Å². The van der Waals surface area contributed by atoms with Gasteiger partial charge in [0.05, 0.1) is 17.8 Å². The number of ether oxygens (including phenoxy) is 1. The Bertz CT molecular complexity index is 396. The molecule has 1 heterocycles. The van der Waals surface area contributed by atoms with Crippen LogP contribution in [-0.4, -0.2) is 28.8 Å². The summed E-state index contributed by atoms with van der Waals surface area (Å²) in [5.74, 6) is -2.46. The van der Waals surface area contributed by atoms with E-state index in [0.29, 0.717) is 0 Å². The number of Topliss-reactive ketones (excluding diaryl/α,β-unsaturated/α-hetero) is 1. The Hall–Kier alpha value is -1.72. The zero-order chi connectivity index (χ0) is 15.4. The number of hydrogen-bond donors (Lipinski definition) is 1. The number of aliphatic carboxylic acids is 1. The van der Waals surface area contributed by atoms with Crippen LogP contribution < -0.4 is 0 Å². The van der Waals surface area contributed by atoms with Gasteiger partial charge in [0.1, 0.15) is 5.78 Å². The highest BCUT2D eigenvalue weighted by atomic mass is 16.6. The summed E-state index contributed by atoms with van der Waals surface area (Å²) in [5.41, 5.74) is -0.628. The van der Waals surface area contributed by atoms with E-state index < -0.39 is 23.3 Å². The highest BCUT2D eigenvalue weighted by Gasteiger charge is 2.48. The molecule has 1 saturated heterocycles. The van der Waals surface area contributed by atoms with Gasteiger partial charge in [-0.15, -0.1) is 0 Å². The highest BCUT2D eigenvalue weighted by molar-refractivity contribution is 5.98. The van der Waals surface area contributed by atoms with E-state index in [9.17, 15) is 19.2 Å². The predicted molar refractivity (Wildman–Crippen MR) is 66.1 cm³/mol. The lowest BCUT2D eigenvalue weighted by Crippen LogP contribution is -2.24. The van der Waals surface area contributed by atoms with E-state index in [1.807, 2.05) is 0 Å². The summed E-state index contributed by atoms with van der Waals surface area (Å²) in [7, 11) is 0. The second-order valence-electron chi connectivity index (χ2n) is 5.26. The molecule has 6 nitrogen and oxygen atoms in total. The summed E-state index contributed by atoms with van der Waals surface area (Å²) in [5, 5.41) is 8.18. The predicted octanol–water partition coefficient (Wildman–Crippen LogP) is 1.42. The number of esters is 2. The first-order chi connectivity index (χ1) is 8.50. The summed E-state index contributed by atoms with van der Waals surface area (Å²) in [6, 6.07) is 0. The maximum absolute atomic E-state index is 10.9. The van der Waals surface area contributed by atoms with Gasteiger partial charge in [0.2, 0.25) is 0 Å². The van der Waals surface area contributed by atoms with Crippen molar-refractivity contribution >= 4 is 23.7 Å². The molecule has 1 aliphatic heterocycles. The van der Waals surface area contributed by atoms with Gasteiger partial charge in [-0.3, -0.25) is 19.2 Å². The third-order valence-electron chi connectivity index (χ3n) is 3.33. The summed E-state index contributed by atoms with van der Waals surface area (Å²) in [6.45, 7) is 8.13. The molecule has 1 aliphatic rings. The van der Waals surface area contributed by atoms with E-state index in [1.54, 1.807) is 27.7 Å². The monoisotopic (exact) mass is 272 g/mol. The Morgan fingerprint density at radius 1 is 1.37 bits per heavy atom. The van der Waals surface area contributed by atoms with Crippen LogP contribution in [-0.2, 0) is 23.9 Å². The molecular formula is C13H20O6. The van der Waals surface area contributed by atoms with E-state index in [1.165, 1.54) is 6.92 Å². The molecule has 0 aromatic heterocycles. The summed E-state index contributed by atoms with van der Waals surface area (Å²) in [4.78, 5) is 42.0. The van der Waals surface area contributed by atoms with Crippen LogP contribution in [0, 0.1) is 17.3 Å². The summed E-state index contributed by atoms with van der Waals surface area (Å²) >= 11 is 0. The minimum atomic E-state index is -0.919. The van der Waals surface area contributed by atoms with Crippen LogP contribution >= 0.6 is 0 Å². The van der Waals surface area contributed by atoms with Gasteiger partial charge in [0.15, 0.2) is 0 Å².